The zero-order valence-corrected chi connectivity index (χ0v) is 17.9. The van der Waals surface area contributed by atoms with E-state index < -0.39 is 15.7 Å². The van der Waals surface area contributed by atoms with E-state index in [2.05, 4.69) is 15.6 Å². The first-order valence-electron chi connectivity index (χ1n) is 9.50. The van der Waals surface area contributed by atoms with Crippen LogP contribution in [0.1, 0.15) is 18.1 Å². The zero-order valence-electron chi connectivity index (χ0n) is 17.0. The van der Waals surface area contributed by atoms with Gasteiger partial charge in [-0.3, -0.25) is 4.99 Å². The SMILES string of the molecule is CCNC(=NCCS(=O)(=O)c1ccccc1F)NCCc1ccc(C)c(OC)c1. The second-order valence-corrected chi connectivity index (χ2v) is 8.57. The molecule has 2 N–H and O–H groups in total. The molecule has 0 aliphatic carbocycles. The van der Waals surface area contributed by atoms with E-state index in [1.807, 2.05) is 32.0 Å². The summed E-state index contributed by atoms with van der Waals surface area (Å²) in [6, 6.07) is 11.4. The molecule has 6 nitrogen and oxygen atoms in total. The third-order valence-corrected chi connectivity index (χ3v) is 6.05. The van der Waals surface area contributed by atoms with Crippen molar-refractivity contribution in [1.29, 1.82) is 0 Å². The lowest BCUT2D eigenvalue weighted by molar-refractivity contribution is 0.411. The van der Waals surface area contributed by atoms with Crippen LogP contribution in [0.2, 0.25) is 0 Å². The minimum Gasteiger partial charge on any atom is -0.496 e. The Morgan fingerprint density at radius 2 is 1.93 bits per heavy atom. The summed E-state index contributed by atoms with van der Waals surface area (Å²) in [6.07, 6.45) is 0.759. The molecule has 0 amide bonds. The Morgan fingerprint density at radius 3 is 2.62 bits per heavy atom. The van der Waals surface area contributed by atoms with Gasteiger partial charge in [0.2, 0.25) is 0 Å². The van der Waals surface area contributed by atoms with Gasteiger partial charge >= 0.3 is 0 Å². The maximum atomic E-state index is 13.8. The molecule has 0 saturated heterocycles. The number of methoxy groups -OCH3 is 1. The fraction of sp³-hybridized carbons (Fsp3) is 0.381. The van der Waals surface area contributed by atoms with Gasteiger partial charge in [0.15, 0.2) is 15.8 Å². The number of rotatable bonds is 9. The molecule has 2 aromatic carbocycles. The summed E-state index contributed by atoms with van der Waals surface area (Å²) in [5, 5.41) is 6.27. The summed E-state index contributed by atoms with van der Waals surface area (Å²) in [5.74, 6) is 0.367. The van der Waals surface area contributed by atoms with Gasteiger partial charge in [0, 0.05) is 13.1 Å². The maximum absolute atomic E-state index is 13.8. The van der Waals surface area contributed by atoms with Gasteiger partial charge in [0.25, 0.3) is 0 Å². The van der Waals surface area contributed by atoms with Crippen molar-refractivity contribution in [2.24, 2.45) is 4.99 Å². The van der Waals surface area contributed by atoms with Crippen molar-refractivity contribution in [1.82, 2.24) is 10.6 Å². The number of hydrogen-bond acceptors (Lipinski definition) is 4. The first kappa shape index (κ1) is 22.7. The van der Waals surface area contributed by atoms with Crippen molar-refractivity contribution in [3.8, 4) is 5.75 Å². The molecule has 2 aromatic rings. The second-order valence-electron chi connectivity index (χ2n) is 6.49. The number of guanidine groups is 1. The quantitative estimate of drug-likeness (QED) is 0.481. The summed E-state index contributed by atoms with van der Waals surface area (Å²) >= 11 is 0. The largest absolute Gasteiger partial charge is 0.496 e. The van der Waals surface area contributed by atoms with Crippen LogP contribution in [0, 0.1) is 12.7 Å². The maximum Gasteiger partial charge on any atom is 0.191 e. The monoisotopic (exact) mass is 421 g/mol. The third-order valence-electron chi connectivity index (χ3n) is 4.32. The Kier molecular flexibility index (Phi) is 8.45. The molecule has 0 atom stereocenters. The Hall–Kier alpha value is -2.61. The lowest BCUT2D eigenvalue weighted by atomic mass is 10.1. The Bertz CT molecular complexity index is 946. The van der Waals surface area contributed by atoms with Gasteiger partial charge in [-0.25, -0.2) is 12.8 Å². The molecule has 8 heteroatoms. The van der Waals surface area contributed by atoms with Crippen LogP contribution in [0.15, 0.2) is 52.4 Å². The summed E-state index contributed by atoms with van der Waals surface area (Å²) in [6.45, 7) is 5.22. The minimum atomic E-state index is -3.73. The normalized spacial score (nSPS) is 11.9. The molecule has 0 spiro atoms. The van der Waals surface area contributed by atoms with E-state index in [1.54, 1.807) is 7.11 Å². The van der Waals surface area contributed by atoms with Crippen molar-refractivity contribution in [2.45, 2.75) is 25.2 Å². The van der Waals surface area contributed by atoms with Gasteiger partial charge in [-0.1, -0.05) is 24.3 Å². The van der Waals surface area contributed by atoms with Crippen LogP contribution in [0.25, 0.3) is 0 Å². The number of nitrogens with zero attached hydrogens (tertiary/aromatic N) is 1. The Labute approximate surface area is 172 Å². The van der Waals surface area contributed by atoms with Gasteiger partial charge in [0.05, 0.1) is 19.4 Å². The highest BCUT2D eigenvalue weighted by atomic mass is 32.2. The van der Waals surface area contributed by atoms with Crippen LogP contribution in [-0.2, 0) is 16.3 Å². The number of benzene rings is 2. The number of sulfone groups is 1. The molecule has 158 valence electrons. The highest BCUT2D eigenvalue weighted by Crippen LogP contribution is 2.19. The fourth-order valence-electron chi connectivity index (χ4n) is 2.77. The van der Waals surface area contributed by atoms with Crippen molar-refractivity contribution >= 4 is 15.8 Å². The highest BCUT2D eigenvalue weighted by molar-refractivity contribution is 7.91. The minimum absolute atomic E-state index is 0.0321. The van der Waals surface area contributed by atoms with Crippen LogP contribution in [0.5, 0.6) is 5.75 Å². The summed E-state index contributed by atoms with van der Waals surface area (Å²) in [5.41, 5.74) is 2.20. The number of hydrogen-bond donors (Lipinski definition) is 2. The van der Waals surface area contributed by atoms with Crippen LogP contribution in [0.4, 0.5) is 4.39 Å². The summed E-state index contributed by atoms with van der Waals surface area (Å²) < 4.78 is 43.7. The smallest absolute Gasteiger partial charge is 0.191 e. The van der Waals surface area contributed by atoms with Crippen molar-refractivity contribution < 1.29 is 17.5 Å². The number of ether oxygens (including phenoxy) is 1. The molecule has 0 fully saturated rings. The average molecular weight is 422 g/mol. The molecule has 0 radical (unpaired) electrons. The molecule has 0 aliphatic rings. The summed E-state index contributed by atoms with van der Waals surface area (Å²) in [7, 11) is -2.08. The van der Waals surface area contributed by atoms with Gasteiger partial charge in [-0.2, -0.15) is 0 Å². The summed E-state index contributed by atoms with van der Waals surface area (Å²) in [4.78, 5) is 4.01. The predicted molar refractivity (Wildman–Crippen MR) is 114 cm³/mol. The van der Waals surface area contributed by atoms with Crippen LogP contribution in [-0.4, -0.2) is 46.9 Å². The van der Waals surface area contributed by atoms with E-state index in [1.165, 1.54) is 18.2 Å². The highest BCUT2D eigenvalue weighted by Gasteiger charge is 2.18. The lowest BCUT2D eigenvalue weighted by Crippen LogP contribution is -2.38. The van der Waals surface area contributed by atoms with E-state index in [4.69, 9.17) is 4.74 Å². The van der Waals surface area contributed by atoms with Gasteiger partial charge in [-0.15, -0.1) is 0 Å². The fourth-order valence-corrected chi connectivity index (χ4v) is 3.97. The third kappa shape index (κ3) is 6.74. The molecule has 0 heterocycles. The molecule has 0 aliphatic heterocycles. The van der Waals surface area contributed by atoms with E-state index in [0.717, 1.165) is 29.4 Å². The molecule has 2 rings (SSSR count). The molecule has 0 aromatic heterocycles. The standard InChI is InChI=1S/C21H28FN3O3S/c1-4-23-21(24-12-11-17-10-9-16(2)19(15-17)28-3)25-13-14-29(26,27)20-8-6-5-7-18(20)22/h5-10,15H,4,11-14H2,1-3H3,(H2,23,24,25). The molecule has 0 saturated carbocycles. The molecular formula is C21H28FN3O3S. The Balaban J connectivity index is 1.93. The number of aryl methyl sites for hydroxylation is 1. The van der Waals surface area contributed by atoms with E-state index in [0.29, 0.717) is 19.0 Å². The van der Waals surface area contributed by atoms with Crippen molar-refractivity contribution in [2.75, 3.05) is 32.5 Å². The Morgan fingerprint density at radius 1 is 1.17 bits per heavy atom. The van der Waals surface area contributed by atoms with E-state index in [-0.39, 0.29) is 17.2 Å². The first-order chi connectivity index (χ1) is 13.9. The molecular weight excluding hydrogens is 393 g/mol. The van der Waals surface area contributed by atoms with E-state index in [9.17, 15) is 12.8 Å². The van der Waals surface area contributed by atoms with E-state index >= 15 is 0 Å². The van der Waals surface area contributed by atoms with Crippen molar-refractivity contribution in [3.05, 3.63) is 59.4 Å². The topological polar surface area (TPSA) is 79.8 Å². The van der Waals surface area contributed by atoms with Gasteiger partial charge < -0.3 is 15.4 Å². The number of halogens is 1. The van der Waals surface area contributed by atoms with Crippen LogP contribution in [0.3, 0.4) is 0 Å². The first-order valence-corrected chi connectivity index (χ1v) is 11.2. The average Bonchev–Trinajstić information content (AvgIpc) is 2.69. The van der Waals surface area contributed by atoms with Crippen LogP contribution < -0.4 is 15.4 Å². The lowest BCUT2D eigenvalue weighted by Gasteiger charge is -2.12. The zero-order chi connectivity index (χ0) is 21.3. The predicted octanol–water partition coefficient (Wildman–Crippen LogP) is 2.71. The van der Waals surface area contributed by atoms with Crippen LogP contribution >= 0.6 is 0 Å². The molecule has 0 bridgehead atoms. The van der Waals surface area contributed by atoms with Gasteiger partial charge in [0.1, 0.15) is 16.5 Å². The number of aliphatic imine (C=N–C) groups is 1. The second kappa shape index (κ2) is 10.8. The molecule has 0 unspecified atom stereocenters. The number of nitrogens with one attached hydrogen (secondary N) is 2. The van der Waals surface area contributed by atoms with Crippen molar-refractivity contribution in [3.63, 3.8) is 0 Å². The van der Waals surface area contributed by atoms with Gasteiger partial charge in [-0.05, 0) is 49.6 Å². The molecule has 29 heavy (non-hydrogen) atoms.